The molecular weight excluding hydrogens is 387 g/mol. The Labute approximate surface area is 127 Å². The summed E-state index contributed by atoms with van der Waals surface area (Å²) in [5.41, 5.74) is 0.502. The molecule has 0 radical (unpaired) electrons. The minimum atomic E-state index is -0.786. The molecule has 0 spiro atoms. The van der Waals surface area contributed by atoms with Gasteiger partial charge in [0, 0.05) is 16.7 Å². The largest absolute Gasteiger partial charge is 0.371 e. The van der Waals surface area contributed by atoms with Gasteiger partial charge in [-0.25, -0.2) is 13.8 Å². The highest BCUT2D eigenvalue weighted by Crippen LogP contribution is 2.28. The summed E-state index contributed by atoms with van der Waals surface area (Å²) in [5, 5.41) is 5.72. The molecule has 2 rings (SSSR count). The number of aromatic nitrogens is 1. The van der Waals surface area contributed by atoms with Crippen molar-refractivity contribution in [1.82, 2.24) is 4.98 Å². The van der Waals surface area contributed by atoms with E-state index < -0.39 is 11.6 Å². The van der Waals surface area contributed by atoms with Gasteiger partial charge in [0.25, 0.3) is 0 Å². The normalized spacial score (nSPS) is 10.4. The van der Waals surface area contributed by atoms with Crippen LogP contribution in [0.4, 0.5) is 26.1 Å². The third kappa shape index (κ3) is 3.24. The molecule has 0 fully saturated rings. The molecule has 19 heavy (non-hydrogen) atoms. The lowest BCUT2D eigenvalue weighted by molar-refractivity contribution is 0.580. The van der Waals surface area contributed by atoms with Crippen molar-refractivity contribution in [3.05, 3.63) is 44.5 Å². The van der Waals surface area contributed by atoms with E-state index in [-0.39, 0.29) is 11.6 Å². The highest BCUT2D eigenvalue weighted by molar-refractivity contribution is 14.1. The second-order valence-corrected chi connectivity index (χ2v) is 5.30. The van der Waals surface area contributed by atoms with Crippen molar-refractivity contribution in [2.45, 2.75) is 0 Å². The average molecular weight is 396 g/mol. The Morgan fingerprint density at radius 3 is 2.47 bits per heavy atom. The molecule has 0 aliphatic carbocycles. The van der Waals surface area contributed by atoms with Crippen molar-refractivity contribution in [2.24, 2.45) is 0 Å². The van der Waals surface area contributed by atoms with Gasteiger partial charge in [-0.3, -0.25) is 0 Å². The van der Waals surface area contributed by atoms with E-state index in [4.69, 9.17) is 11.6 Å². The van der Waals surface area contributed by atoms with Gasteiger partial charge in [0.1, 0.15) is 0 Å². The van der Waals surface area contributed by atoms with Crippen LogP contribution in [0.3, 0.4) is 0 Å². The maximum absolute atomic E-state index is 13.6. The standard InChI is InChI=1S/C12H9ClF2IN3/c1-17-11-8(14)5-9(15)12(19-11)18-10-3-2-6(16)4-7(10)13/h2-5H,1H3,(H2,17,18,19). The van der Waals surface area contributed by atoms with Crippen LogP contribution in [0.2, 0.25) is 5.02 Å². The highest BCUT2D eigenvalue weighted by atomic mass is 127. The summed E-state index contributed by atoms with van der Waals surface area (Å²) in [4.78, 5) is 3.82. The molecule has 100 valence electrons. The predicted molar refractivity (Wildman–Crippen MR) is 81.2 cm³/mol. The van der Waals surface area contributed by atoms with Gasteiger partial charge in [-0.1, -0.05) is 11.6 Å². The Hall–Kier alpha value is -1.15. The van der Waals surface area contributed by atoms with E-state index in [1.54, 1.807) is 12.1 Å². The molecule has 1 heterocycles. The summed E-state index contributed by atoms with van der Waals surface area (Å²) in [6, 6.07) is 6.01. The quantitative estimate of drug-likeness (QED) is 0.756. The highest BCUT2D eigenvalue weighted by Gasteiger charge is 2.12. The molecule has 7 heteroatoms. The lowest BCUT2D eigenvalue weighted by atomic mass is 10.3. The molecule has 0 amide bonds. The molecule has 0 saturated heterocycles. The number of anilines is 3. The summed E-state index contributed by atoms with van der Waals surface area (Å²) >= 11 is 8.14. The molecule has 0 aliphatic heterocycles. The van der Waals surface area contributed by atoms with Crippen molar-refractivity contribution in [1.29, 1.82) is 0 Å². The maximum Gasteiger partial charge on any atom is 0.169 e. The molecule has 0 saturated carbocycles. The zero-order chi connectivity index (χ0) is 14.0. The number of nitrogens with one attached hydrogen (secondary N) is 2. The topological polar surface area (TPSA) is 37.0 Å². The van der Waals surface area contributed by atoms with E-state index in [0.29, 0.717) is 10.7 Å². The van der Waals surface area contributed by atoms with E-state index in [0.717, 1.165) is 9.64 Å². The number of hydrogen-bond donors (Lipinski definition) is 2. The number of nitrogens with zero attached hydrogens (tertiary/aromatic N) is 1. The average Bonchev–Trinajstić information content (AvgIpc) is 2.35. The van der Waals surface area contributed by atoms with Crippen LogP contribution in [0.25, 0.3) is 0 Å². The van der Waals surface area contributed by atoms with Gasteiger partial charge in [-0.05, 0) is 40.8 Å². The van der Waals surface area contributed by atoms with Gasteiger partial charge in [-0.15, -0.1) is 0 Å². The molecule has 1 aromatic heterocycles. The van der Waals surface area contributed by atoms with Crippen molar-refractivity contribution in [2.75, 3.05) is 17.7 Å². The number of hydrogen-bond acceptors (Lipinski definition) is 3. The third-order valence-electron chi connectivity index (χ3n) is 2.35. The Morgan fingerprint density at radius 1 is 1.16 bits per heavy atom. The first kappa shape index (κ1) is 14.3. The van der Waals surface area contributed by atoms with Crippen molar-refractivity contribution in [3.63, 3.8) is 0 Å². The van der Waals surface area contributed by atoms with E-state index in [1.165, 1.54) is 7.05 Å². The predicted octanol–water partition coefficient (Wildman–Crippen LogP) is 4.40. The molecule has 2 N–H and O–H groups in total. The molecule has 0 unspecified atom stereocenters. The fourth-order valence-corrected chi connectivity index (χ4v) is 2.35. The molecule has 0 aliphatic rings. The van der Waals surface area contributed by atoms with E-state index in [1.807, 2.05) is 6.07 Å². The Balaban J connectivity index is 2.37. The van der Waals surface area contributed by atoms with Crippen LogP contribution in [-0.4, -0.2) is 12.0 Å². The van der Waals surface area contributed by atoms with Crippen LogP contribution in [0.15, 0.2) is 24.3 Å². The van der Waals surface area contributed by atoms with Gasteiger partial charge >= 0.3 is 0 Å². The van der Waals surface area contributed by atoms with E-state index in [2.05, 4.69) is 38.2 Å². The summed E-state index contributed by atoms with van der Waals surface area (Å²) < 4.78 is 27.9. The summed E-state index contributed by atoms with van der Waals surface area (Å²) in [7, 11) is 1.50. The van der Waals surface area contributed by atoms with Crippen LogP contribution in [0.1, 0.15) is 0 Å². The molecular formula is C12H9ClF2IN3. The van der Waals surface area contributed by atoms with Crippen LogP contribution in [0, 0.1) is 15.2 Å². The fraction of sp³-hybridized carbons (Fsp3) is 0.0833. The minimum absolute atomic E-state index is 0.0365. The second-order valence-electron chi connectivity index (χ2n) is 3.65. The first-order valence-electron chi connectivity index (χ1n) is 5.27. The van der Waals surface area contributed by atoms with Crippen LogP contribution >= 0.6 is 34.2 Å². The van der Waals surface area contributed by atoms with Gasteiger partial charge in [0.2, 0.25) is 0 Å². The molecule has 0 bridgehead atoms. The SMILES string of the molecule is CNc1nc(Nc2ccc(I)cc2Cl)c(F)cc1F. The Morgan fingerprint density at radius 2 is 1.84 bits per heavy atom. The number of rotatable bonds is 3. The summed E-state index contributed by atoms with van der Waals surface area (Å²) in [5.74, 6) is -1.66. The fourth-order valence-electron chi connectivity index (χ4n) is 1.45. The van der Waals surface area contributed by atoms with Gasteiger partial charge < -0.3 is 10.6 Å². The molecule has 0 atom stereocenters. The maximum atomic E-state index is 13.6. The number of pyridine rings is 1. The Kier molecular flexibility index (Phi) is 4.41. The number of halogens is 4. The first-order valence-corrected chi connectivity index (χ1v) is 6.73. The smallest absolute Gasteiger partial charge is 0.169 e. The van der Waals surface area contributed by atoms with Crippen molar-refractivity contribution < 1.29 is 8.78 Å². The van der Waals surface area contributed by atoms with Crippen molar-refractivity contribution >= 4 is 51.5 Å². The van der Waals surface area contributed by atoms with Crippen molar-refractivity contribution in [3.8, 4) is 0 Å². The van der Waals surface area contributed by atoms with Crippen LogP contribution in [-0.2, 0) is 0 Å². The summed E-state index contributed by atoms with van der Waals surface area (Å²) in [6.45, 7) is 0. The van der Waals surface area contributed by atoms with Crippen LogP contribution in [0.5, 0.6) is 0 Å². The van der Waals surface area contributed by atoms with E-state index in [9.17, 15) is 8.78 Å². The Bertz CT molecular complexity index is 622. The second kappa shape index (κ2) is 5.87. The van der Waals surface area contributed by atoms with Crippen LogP contribution < -0.4 is 10.6 Å². The molecule has 3 nitrogen and oxygen atoms in total. The van der Waals surface area contributed by atoms with Gasteiger partial charge in [0.15, 0.2) is 23.3 Å². The molecule has 2 aromatic rings. The monoisotopic (exact) mass is 395 g/mol. The summed E-state index contributed by atoms with van der Waals surface area (Å²) in [6.07, 6.45) is 0. The molecule has 1 aromatic carbocycles. The minimum Gasteiger partial charge on any atom is -0.371 e. The van der Waals surface area contributed by atoms with E-state index >= 15 is 0 Å². The lowest BCUT2D eigenvalue weighted by Crippen LogP contribution is -2.03. The third-order valence-corrected chi connectivity index (χ3v) is 3.33. The van der Waals surface area contributed by atoms with Gasteiger partial charge in [0.05, 0.1) is 10.7 Å². The zero-order valence-electron chi connectivity index (χ0n) is 9.77. The lowest BCUT2D eigenvalue weighted by Gasteiger charge is -2.10. The zero-order valence-corrected chi connectivity index (χ0v) is 12.7. The first-order chi connectivity index (χ1) is 9.01. The number of benzene rings is 1. The van der Waals surface area contributed by atoms with Gasteiger partial charge in [-0.2, -0.15) is 0 Å².